The van der Waals surface area contributed by atoms with Crippen molar-refractivity contribution < 1.29 is 19.0 Å². The number of ether oxygens (including phenoxy) is 3. The van der Waals surface area contributed by atoms with Crippen LogP contribution in [0, 0.1) is 0 Å². The fourth-order valence-corrected chi connectivity index (χ4v) is 1.66. The van der Waals surface area contributed by atoms with Crippen LogP contribution in [0.5, 0.6) is 11.5 Å². The maximum absolute atomic E-state index is 11.6. The molecule has 0 aliphatic carbocycles. The van der Waals surface area contributed by atoms with Crippen LogP contribution < -0.4 is 20.5 Å². The number of rotatable bonds is 9. The highest BCUT2D eigenvalue weighted by atomic mass is 32.1. The van der Waals surface area contributed by atoms with Gasteiger partial charge in [0.1, 0.15) is 4.99 Å². The molecule has 0 heterocycles. The van der Waals surface area contributed by atoms with Crippen LogP contribution in [0.15, 0.2) is 18.2 Å². The summed E-state index contributed by atoms with van der Waals surface area (Å²) in [6.45, 7) is 3.12. The summed E-state index contributed by atoms with van der Waals surface area (Å²) in [5.74, 6) is 0.749. The summed E-state index contributed by atoms with van der Waals surface area (Å²) in [5.41, 5.74) is 6.26. The quantitative estimate of drug-likeness (QED) is 0.520. The van der Waals surface area contributed by atoms with Crippen molar-refractivity contribution in [3.05, 3.63) is 23.8 Å². The van der Waals surface area contributed by atoms with Crippen LogP contribution in [-0.2, 0) is 9.53 Å². The van der Waals surface area contributed by atoms with Gasteiger partial charge in [0.2, 0.25) is 0 Å². The Labute approximate surface area is 129 Å². The first kappa shape index (κ1) is 17.2. The maximum atomic E-state index is 11.6. The zero-order chi connectivity index (χ0) is 15.7. The lowest BCUT2D eigenvalue weighted by Gasteiger charge is -2.13. The molecule has 0 unspecified atom stereocenters. The van der Waals surface area contributed by atoms with E-state index in [4.69, 9.17) is 32.2 Å². The molecule has 0 radical (unpaired) electrons. The predicted molar refractivity (Wildman–Crippen MR) is 83.9 cm³/mol. The highest BCUT2D eigenvalue weighted by molar-refractivity contribution is 7.80. The summed E-state index contributed by atoms with van der Waals surface area (Å²) in [5, 5.41) is 2.66. The lowest BCUT2D eigenvalue weighted by atomic mass is 10.2. The van der Waals surface area contributed by atoms with Gasteiger partial charge in [-0.1, -0.05) is 12.2 Å². The van der Waals surface area contributed by atoms with Gasteiger partial charge in [-0.3, -0.25) is 4.79 Å². The summed E-state index contributed by atoms with van der Waals surface area (Å²) in [6, 6.07) is 5.11. The SMILES string of the molecule is CCOc1cc(C(N)=S)ccc1OCC(=O)NCCOC. The van der Waals surface area contributed by atoms with Crippen LogP contribution in [-0.4, -0.2) is 44.4 Å². The third kappa shape index (κ3) is 5.97. The second kappa shape index (κ2) is 9.15. The Morgan fingerprint density at radius 2 is 2.10 bits per heavy atom. The number of carbonyl (C=O) groups excluding carboxylic acids is 1. The fraction of sp³-hybridized carbons (Fsp3) is 0.429. The molecule has 1 aromatic rings. The van der Waals surface area contributed by atoms with Gasteiger partial charge in [-0.15, -0.1) is 0 Å². The first-order valence-electron chi connectivity index (χ1n) is 6.53. The summed E-state index contributed by atoms with van der Waals surface area (Å²) in [4.78, 5) is 11.8. The van der Waals surface area contributed by atoms with Crippen LogP contribution in [0.1, 0.15) is 12.5 Å². The molecule has 0 aromatic heterocycles. The Morgan fingerprint density at radius 3 is 2.71 bits per heavy atom. The third-order valence-electron chi connectivity index (χ3n) is 2.52. The molecule has 0 fully saturated rings. The van der Waals surface area contributed by atoms with Crippen molar-refractivity contribution in [2.75, 3.05) is 33.5 Å². The summed E-state index contributed by atoms with van der Waals surface area (Å²) in [7, 11) is 1.57. The van der Waals surface area contributed by atoms with Gasteiger partial charge in [-0.2, -0.15) is 0 Å². The molecule has 21 heavy (non-hydrogen) atoms. The Balaban J connectivity index is 2.65. The van der Waals surface area contributed by atoms with Crippen molar-refractivity contribution in [3.63, 3.8) is 0 Å². The number of hydrogen-bond donors (Lipinski definition) is 2. The van der Waals surface area contributed by atoms with Crippen molar-refractivity contribution in [2.24, 2.45) is 5.73 Å². The van der Waals surface area contributed by atoms with E-state index < -0.39 is 0 Å². The van der Waals surface area contributed by atoms with E-state index in [9.17, 15) is 4.79 Å². The second-order valence-electron chi connectivity index (χ2n) is 4.09. The monoisotopic (exact) mass is 312 g/mol. The molecule has 0 spiro atoms. The first-order valence-corrected chi connectivity index (χ1v) is 6.94. The smallest absolute Gasteiger partial charge is 0.258 e. The molecular formula is C14H20N2O4S. The van der Waals surface area contributed by atoms with E-state index in [2.05, 4.69) is 5.32 Å². The lowest BCUT2D eigenvalue weighted by Crippen LogP contribution is -2.31. The summed E-state index contributed by atoms with van der Waals surface area (Å²) < 4.78 is 15.8. The zero-order valence-corrected chi connectivity index (χ0v) is 13.0. The molecule has 1 amide bonds. The number of nitrogens with one attached hydrogen (secondary N) is 1. The van der Waals surface area contributed by atoms with E-state index in [0.29, 0.717) is 36.8 Å². The Kier molecular flexibility index (Phi) is 7.49. The van der Waals surface area contributed by atoms with Gasteiger partial charge >= 0.3 is 0 Å². The number of hydrogen-bond acceptors (Lipinski definition) is 5. The van der Waals surface area contributed by atoms with E-state index in [1.54, 1.807) is 25.3 Å². The van der Waals surface area contributed by atoms with Crippen LogP contribution in [0.3, 0.4) is 0 Å². The molecule has 1 rings (SSSR count). The van der Waals surface area contributed by atoms with Crippen molar-refractivity contribution in [3.8, 4) is 11.5 Å². The van der Waals surface area contributed by atoms with E-state index in [0.717, 1.165) is 0 Å². The molecule has 0 saturated heterocycles. The number of benzene rings is 1. The Hall–Kier alpha value is -1.86. The molecule has 7 heteroatoms. The fourth-order valence-electron chi connectivity index (χ4n) is 1.54. The molecule has 3 N–H and O–H groups in total. The number of thiocarbonyl (C=S) groups is 1. The Morgan fingerprint density at radius 1 is 1.33 bits per heavy atom. The van der Waals surface area contributed by atoms with Gasteiger partial charge in [0.05, 0.1) is 13.2 Å². The summed E-state index contributed by atoms with van der Waals surface area (Å²) >= 11 is 4.92. The molecule has 116 valence electrons. The summed E-state index contributed by atoms with van der Waals surface area (Å²) in [6.07, 6.45) is 0. The van der Waals surface area contributed by atoms with Gasteiger partial charge in [-0.05, 0) is 25.1 Å². The van der Waals surface area contributed by atoms with Crippen LogP contribution >= 0.6 is 12.2 Å². The molecule has 1 aromatic carbocycles. The van der Waals surface area contributed by atoms with Crippen LogP contribution in [0.2, 0.25) is 0 Å². The van der Waals surface area contributed by atoms with Crippen LogP contribution in [0.25, 0.3) is 0 Å². The van der Waals surface area contributed by atoms with Crippen LogP contribution in [0.4, 0.5) is 0 Å². The molecule has 0 atom stereocenters. The van der Waals surface area contributed by atoms with Gasteiger partial charge in [0, 0.05) is 19.2 Å². The number of nitrogens with two attached hydrogens (primary N) is 1. The third-order valence-corrected chi connectivity index (χ3v) is 2.75. The largest absolute Gasteiger partial charge is 0.490 e. The maximum Gasteiger partial charge on any atom is 0.258 e. The topological polar surface area (TPSA) is 82.8 Å². The van der Waals surface area contributed by atoms with E-state index >= 15 is 0 Å². The minimum absolute atomic E-state index is 0.101. The van der Waals surface area contributed by atoms with Crippen molar-refractivity contribution >= 4 is 23.1 Å². The van der Waals surface area contributed by atoms with E-state index in [1.807, 2.05) is 6.92 Å². The van der Waals surface area contributed by atoms with Gasteiger partial charge in [0.15, 0.2) is 18.1 Å². The molecule has 0 bridgehead atoms. The van der Waals surface area contributed by atoms with Gasteiger partial charge < -0.3 is 25.3 Å². The average molecular weight is 312 g/mol. The molecular weight excluding hydrogens is 292 g/mol. The minimum atomic E-state index is -0.229. The average Bonchev–Trinajstić information content (AvgIpc) is 2.46. The van der Waals surface area contributed by atoms with Crippen molar-refractivity contribution in [1.29, 1.82) is 0 Å². The van der Waals surface area contributed by atoms with Crippen molar-refractivity contribution in [1.82, 2.24) is 5.32 Å². The molecule has 6 nitrogen and oxygen atoms in total. The zero-order valence-electron chi connectivity index (χ0n) is 12.2. The number of carbonyl (C=O) groups is 1. The number of amides is 1. The minimum Gasteiger partial charge on any atom is -0.490 e. The highest BCUT2D eigenvalue weighted by Crippen LogP contribution is 2.28. The standard InChI is InChI=1S/C14H20N2O4S/c1-3-19-12-8-10(14(15)21)4-5-11(12)20-9-13(17)16-6-7-18-2/h4-5,8H,3,6-7,9H2,1-2H3,(H2,15,21)(H,16,17). The van der Waals surface area contributed by atoms with E-state index in [-0.39, 0.29) is 17.5 Å². The first-order chi connectivity index (χ1) is 10.1. The molecule has 0 saturated carbocycles. The molecule has 0 aliphatic rings. The Bertz CT molecular complexity index is 494. The second-order valence-corrected chi connectivity index (χ2v) is 4.53. The molecule has 0 aliphatic heterocycles. The normalized spacial score (nSPS) is 10.0. The lowest BCUT2D eigenvalue weighted by molar-refractivity contribution is -0.123. The van der Waals surface area contributed by atoms with E-state index in [1.165, 1.54) is 0 Å². The number of methoxy groups -OCH3 is 1. The van der Waals surface area contributed by atoms with Gasteiger partial charge in [0.25, 0.3) is 5.91 Å². The highest BCUT2D eigenvalue weighted by Gasteiger charge is 2.10. The van der Waals surface area contributed by atoms with Gasteiger partial charge in [-0.25, -0.2) is 0 Å². The predicted octanol–water partition coefficient (Wildman–Crippen LogP) is 0.861. The van der Waals surface area contributed by atoms with Crippen molar-refractivity contribution in [2.45, 2.75) is 6.92 Å².